The molecule has 1 aliphatic heterocycles. The number of nitrogens with one attached hydrogen (secondary N) is 3. The van der Waals surface area contributed by atoms with Crippen LogP contribution in [-0.2, 0) is 40.5 Å². The molecule has 10 N–H and O–H groups in total. The number of amides is 3. The Morgan fingerprint density at radius 3 is 1.89 bits per heavy atom. The second-order valence-electron chi connectivity index (χ2n) is 16.7. The standard InChI is InChI=1S/C47H55N9O12S2/c1-27(50-45(62)29(3)58)28(2)56-20-7-10-37(56)47(64)51-36(24-30-8-5-4-6-9-30)46(63)49-19-22-69(65,66)34-15-11-32(12-16-34)52-54-42-38(59)25-31-26-39(60)43(44(61)40(31)41(42)48)55-53-33-13-17-35(18-14-33)70(67,68)23-21-57/h4-6,8-9,11-18,25-29,36-37,57-61H,7,10,19-24,48H2,1-3H3,(H,49,63)(H,50,62)(H,51,64)/b54-52+,55-53+. The monoisotopic (exact) mass is 1000 g/mol. The number of hydrogen-bond acceptors (Lipinski definition) is 18. The number of carbonyl (C=O) groups excluding carboxylic acids is 3. The molecule has 21 nitrogen and oxygen atoms in total. The molecular formula is C47H55N9O12S2. The molecule has 5 aromatic carbocycles. The normalized spacial score (nSPS) is 16.3. The summed E-state index contributed by atoms with van der Waals surface area (Å²) in [7, 11) is -7.68. The fraction of sp³-hybridized carbons (Fsp3) is 0.340. The Bertz CT molecular complexity index is 2990. The maximum atomic E-state index is 13.8. The van der Waals surface area contributed by atoms with Crippen LogP contribution in [0, 0.1) is 0 Å². The molecule has 0 spiro atoms. The molecule has 0 bridgehead atoms. The van der Waals surface area contributed by atoms with E-state index < -0.39 is 96.8 Å². The number of aromatic hydroxyl groups is 3. The van der Waals surface area contributed by atoms with E-state index in [0.717, 1.165) is 5.56 Å². The molecule has 5 aromatic rings. The van der Waals surface area contributed by atoms with E-state index in [1.165, 1.54) is 67.6 Å². The maximum Gasteiger partial charge on any atom is 0.248 e. The summed E-state index contributed by atoms with van der Waals surface area (Å²) in [6.45, 7) is 4.78. The van der Waals surface area contributed by atoms with Crippen LogP contribution in [0.1, 0.15) is 39.2 Å². The highest BCUT2D eigenvalue weighted by atomic mass is 32.2. The van der Waals surface area contributed by atoms with Gasteiger partial charge in [0.25, 0.3) is 0 Å². The van der Waals surface area contributed by atoms with Crippen LogP contribution in [0.4, 0.5) is 28.4 Å². The number of fused-ring (bicyclic) bond motifs is 1. The molecule has 1 saturated heterocycles. The number of nitrogens with two attached hydrogens (primary N) is 1. The number of hydrogen-bond donors (Lipinski definition) is 9. The summed E-state index contributed by atoms with van der Waals surface area (Å²) in [6.07, 6.45) is 0.167. The van der Waals surface area contributed by atoms with Crippen molar-refractivity contribution >= 4 is 76.6 Å². The molecule has 1 fully saturated rings. The van der Waals surface area contributed by atoms with Gasteiger partial charge in [-0.15, -0.1) is 10.2 Å². The largest absolute Gasteiger partial charge is 0.506 e. The van der Waals surface area contributed by atoms with E-state index in [0.29, 0.717) is 19.4 Å². The van der Waals surface area contributed by atoms with Crippen molar-refractivity contribution in [2.24, 2.45) is 20.5 Å². The third kappa shape index (κ3) is 12.6. The van der Waals surface area contributed by atoms with Gasteiger partial charge in [-0.25, -0.2) is 16.8 Å². The van der Waals surface area contributed by atoms with Crippen molar-refractivity contribution in [3.63, 3.8) is 0 Å². The topological polar surface area (TPSA) is 335 Å². The highest BCUT2D eigenvalue weighted by molar-refractivity contribution is 7.91. The summed E-state index contributed by atoms with van der Waals surface area (Å²) >= 11 is 0. The first kappa shape index (κ1) is 52.3. The minimum Gasteiger partial charge on any atom is -0.506 e. The van der Waals surface area contributed by atoms with Gasteiger partial charge in [0.2, 0.25) is 17.7 Å². The summed E-state index contributed by atoms with van der Waals surface area (Å²) in [4.78, 5) is 41.4. The van der Waals surface area contributed by atoms with E-state index in [4.69, 9.17) is 10.8 Å². The van der Waals surface area contributed by atoms with Crippen molar-refractivity contribution in [2.75, 3.05) is 36.9 Å². The van der Waals surface area contributed by atoms with E-state index >= 15 is 0 Å². The Morgan fingerprint density at radius 1 is 0.757 bits per heavy atom. The number of benzene rings is 5. The number of carbonyl (C=O) groups is 3. The Labute approximate surface area is 404 Å². The molecule has 23 heteroatoms. The lowest BCUT2D eigenvalue weighted by Crippen LogP contribution is -2.57. The minimum atomic E-state index is -3.97. The number of phenols is 3. The molecule has 5 atom stereocenters. The van der Waals surface area contributed by atoms with E-state index in [2.05, 4.69) is 36.4 Å². The van der Waals surface area contributed by atoms with Gasteiger partial charge in [0, 0.05) is 25.0 Å². The number of aliphatic hydroxyl groups is 2. The SMILES string of the molecule is CC(O)C(=O)NC(C)C(C)N1CCCC1C(=O)NC(Cc1ccccc1)C(=O)NCCS(=O)(=O)c1ccc(/N=N/c2c(O)cc3cc(O)c(/N=N/c4ccc(S(=O)(=O)CCO)cc4)c(O)c3c2N)cc1. The number of aliphatic hydroxyl groups excluding tert-OH is 2. The average molecular weight is 1000 g/mol. The van der Waals surface area contributed by atoms with Crippen LogP contribution in [0.2, 0.25) is 0 Å². The fourth-order valence-electron chi connectivity index (χ4n) is 7.82. The zero-order valence-corrected chi connectivity index (χ0v) is 40.1. The lowest BCUT2D eigenvalue weighted by atomic mass is 10.0. The Morgan fingerprint density at radius 2 is 1.31 bits per heavy atom. The number of phenolic OH excluding ortho intramolecular Hbond substituents is 3. The van der Waals surface area contributed by atoms with Crippen LogP contribution in [-0.4, -0.2) is 126 Å². The Balaban J connectivity index is 1.11. The van der Waals surface area contributed by atoms with Gasteiger partial charge in [0.05, 0.1) is 56.4 Å². The number of nitrogens with zero attached hydrogens (tertiary/aromatic N) is 5. The zero-order chi connectivity index (χ0) is 50.9. The van der Waals surface area contributed by atoms with Gasteiger partial charge in [0.1, 0.15) is 23.6 Å². The Hall–Kier alpha value is -7.05. The van der Waals surface area contributed by atoms with Gasteiger partial charge < -0.3 is 47.2 Å². The summed E-state index contributed by atoms with van der Waals surface area (Å²) in [5.74, 6) is -4.06. The van der Waals surface area contributed by atoms with Gasteiger partial charge in [-0.3, -0.25) is 19.3 Å². The van der Waals surface area contributed by atoms with Crippen LogP contribution in [0.5, 0.6) is 17.2 Å². The maximum absolute atomic E-state index is 13.8. The van der Waals surface area contributed by atoms with Crippen LogP contribution in [0.15, 0.2) is 121 Å². The number of likely N-dealkylation sites (tertiary alicyclic amines) is 1. The molecule has 372 valence electrons. The second kappa shape index (κ2) is 22.6. The first-order chi connectivity index (χ1) is 33.2. The third-order valence-corrected chi connectivity index (χ3v) is 15.2. The highest BCUT2D eigenvalue weighted by Crippen LogP contribution is 2.50. The number of rotatable bonds is 20. The summed E-state index contributed by atoms with van der Waals surface area (Å²) in [5, 5.41) is 75.7. The first-order valence-corrected chi connectivity index (χ1v) is 25.5. The van der Waals surface area contributed by atoms with Gasteiger partial charge >= 0.3 is 0 Å². The molecule has 1 heterocycles. The molecule has 70 heavy (non-hydrogen) atoms. The molecule has 0 aliphatic carbocycles. The number of nitrogen functional groups attached to an aromatic ring is 1. The summed E-state index contributed by atoms with van der Waals surface area (Å²) in [5.41, 5.74) is 6.51. The molecule has 0 aromatic heterocycles. The molecule has 6 rings (SSSR count). The van der Waals surface area contributed by atoms with Gasteiger partial charge in [0.15, 0.2) is 36.8 Å². The number of anilines is 1. The van der Waals surface area contributed by atoms with Crippen LogP contribution in [0.25, 0.3) is 10.8 Å². The first-order valence-electron chi connectivity index (χ1n) is 22.2. The quantitative estimate of drug-likeness (QED) is 0.0383. The van der Waals surface area contributed by atoms with E-state index in [1.807, 2.05) is 30.0 Å². The number of sulfone groups is 2. The minimum absolute atomic E-state index is 0.0465. The van der Waals surface area contributed by atoms with Crippen molar-refractivity contribution in [1.29, 1.82) is 0 Å². The van der Waals surface area contributed by atoms with Crippen molar-refractivity contribution in [2.45, 2.75) is 80.1 Å². The predicted octanol–water partition coefficient (Wildman–Crippen LogP) is 4.49. The second-order valence-corrected chi connectivity index (χ2v) is 21.0. The highest BCUT2D eigenvalue weighted by Gasteiger charge is 2.38. The van der Waals surface area contributed by atoms with Gasteiger partial charge in [-0.1, -0.05) is 30.3 Å². The lowest BCUT2D eigenvalue weighted by Gasteiger charge is -2.34. The summed E-state index contributed by atoms with van der Waals surface area (Å²) in [6, 6.07) is 19.6. The fourth-order valence-corrected chi connectivity index (χ4v) is 10.0. The molecule has 3 amide bonds. The molecule has 0 saturated carbocycles. The smallest absolute Gasteiger partial charge is 0.248 e. The van der Waals surface area contributed by atoms with Crippen LogP contribution >= 0.6 is 0 Å². The molecule has 5 unspecified atom stereocenters. The van der Waals surface area contributed by atoms with Gasteiger partial charge in [-0.2, -0.15) is 10.2 Å². The predicted molar refractivity (Wildman–Crippen MR) is 259 cm³/mol. The molecule has 1 aliphatic rings. The lowest BCUT2D eigenvalue weighted by molar-refractivity contribution is -0.132. The van der Waals surface area contributed by atoms with Crippen molar-refractivity contribution in [3.05, 3.63) is 96.6 Å². The third-order valence-electron chi connectivity index (χ3n) is 11.8. The van der Waals surface area contributed by atoms with Crippen LogP contribution in [0.3, 0.4) is 0 Å². The van der Waals surface area contributed by atoms with Gasteiger partial charge in [-0.05, 0) is 112 Å². The van der Waals surface area contributed by atoms with Crippen molar-refractivity contribution in [3.8, 4) is 17.2 Å². The Kier molecular flexibility index (Phi) is 16.9. The summed E-state index contributed by atoms with van der Waals surface area (Å²) < 4.78 is 51.3. The molecular weight excluding hydrogens is 947 g/mol. The average Bonchev–Trinajstić information content (AvgIpc) is 3.82. The van der Waals surface area contributed by atoms with E-state index in [1.54, 1.807) is 19.1 Å². The molecule has 0 radical (unpaired) electrons. The van der Waals surface area contributed by atoms with Crippen molar-refractivity contribution < 1.29 is 56.8 Å². The number of azo groups is 2. The van der Waals surface area contributed by atoms with E-state index in [9.17, 15) is 51.6 Å². The van der Waals surface area contributed by atoms with Crippen molar-refractivity contribution in [1.82, 2.24) is 20.9 Å². The van der Waals surface area contributed by atoms with Crippen LogP contribution < -0.4 is 21.7 Å². The van der Waals surface area contributed by atoms with E-state index in [-0.39, 0.29) is 68.2 Å². The zero-order valence-electron chi connectivity index (χ0n) is 38.4.